The summed E-state index contributed by atoms with van der Waals surface area (Å²) in [7, 11) is 0. The third kappa shape index (κ3) is 2.32. The van der Waals surface area contributed by atoms with Crippen LogP contribution >= 0.6 is 0 Å². The van der Waals surface area contributed by atoms with Crippen molar-refractivity contribution in [3.05, 3.63) is 71.3 Å². The molecule has 1 aliphatic heterocycles. The van der Waals surface area contributed by atoms with Gasteiger partial charge >= 0.3 is 0 Å². The summed E-state index contributed by atoms with van der Waals surface area (Å²) >= 11 is 0. The van der Waals surface area contributed by atoms with Gasteiger partial charge in [-0.15, -0.1) is 0 Å². The summed E-state index contributed by atoms with van der Waals surface area (Å²) in [5, 5.41) is 9.34. The molecule has 3 heteroatoms. The number of nitrogens with zero attached hydrogens (tertiary/aromatic N) is 2. The number of nitriles is 1. The number of benzene rings is 2. The van der Waals surface area contributed by atoms with E-state index in [1.54, 1.807) is 23.1 Å². The van der Waals surface area contributed by atoms with Gasteiger partial charge in [-0.25, -0.2) is 0 Å². The first-order valence-corrected chi connectivity index (χ1v) is 6.78. The number of carbonyl (C=O) groups is 1. The van der Waals surface area contributed by atoms with Gasteiger partial charge in [0.05, 0.1) is 11.8 Å². The summed E-state index contributed by atoms with van der Waals surface area (Å²) < 4.78 is 0. The van der Waals surface area contributed by atoms with E-state index >= 15 is 0 Å². The molecule has 2 aromatic carbocycles. The van der Waals surface area contributed by atoms with Crippen LogP contribution in [-0.2, 0) is 0 Å². The Labute approximate surface area is 123 Å². The second kappa shape index (κ2) is 5.26. The van der Waals surface area contributed by atoms with Gasteiger partial charge < -0.3 is 0 Å². The topological polar surface area (TPSA) is 44.1 Å². The van der Waals surface area contributed by atoms with Gasteiger partial charge in [-0.3, -0.25) is 9.69 Å². The highest BCUT2D eigenvalue weighted by Crippen LogP contribution is 2.31. The van der Waals surface area contributed by atoms with E-state index in [1.165, 1.54) is 0 Å². The van der Waals surface area contributed by atoms with Crippen molar-refractivity contribution < 1.29 is 4.79 Å². The molecule has 1 amide bonds. The van der Waals surface area contributed by atoms with Crippen molar-refractivity contribution in [3.63, 3.8) is 0 Å². The Kier molecular flexibility index (Phi) is 3.29. The Morgan fingerprint density at radius 2 is 1.95 bits per heavy atom. The fourth-order valence-corrected chi connectivity index (χ4v) is 2.51. The number of anilines is 1. The molecule has 1 aliphatic rings. The van der Waals surface area contributed by atoms with Crippen LogP contribution in [0.5, 0.6) is 0 Å². The summed E-state index contributed by atoms with van der Waals surface area (Å²) in [5.41, 5.74) is 3.45. The molecule has 3 nitrogen and oxygen atoms in total. The lowest BCUT2D eigenvalue weighted by molar-refractivity contribution is 0.0985. The SMILES string of the molecule is Cc1ccc2c(c1)C=C[C@@H](C#N)N2C(=O)c1ccccc1. The van der Waals surface area contributed by atoms with E-state index in [1.807, 2.05) is 49.4 Å². The predicted molar refractivity (Wildman–Crippen MR) is 82.9 cm³/mol. The Morgan fingerprint density at radius 3 is 2.67 bits per heavy atom. The molecule has 1 heterocycles. The van der Waals surface area contributed by atoms with Gasteiger partial charge in [0.1, 0.15) is 6.04 Å². The lowest BCUT2D eigenvalue weighted by atomic mass is 10.00. The van der Waals surface area contributed by atoms with E-state index in [9.17, 15) is 10.1 Å². The highest BCUT2D eigenvalue weighted by molar-refractivity contribution is 6.08. The number of hydrogen-bond acceptors (Lipinski definition) is 2. The van der Waals surface area contributed by atoms with E-state index in [0.29, 0.717) is 5.56 Å². The molecule has 0 saturated heterocycles. The number of fused-ring (bicyclic) bond motifs is 1. The van der Waals surface area contributed by atoms with Gasteiger partial charge in [0.2, 0.25) is 0 Å². The summed E-state index contributed by atoms with van der Waals surface area (Å²) in [5.74, 6) is -0.156. The third-order valence-corrected chi connectivity index (χ3v) is 3.55. The van der Waals surface area contributed by atoms with Crippen molar-refractivity contribution in [3.8, 4) is 6.07 Å². The molecule has 0 fully saturated rings. The van der Waals surface area contributed by atoms with Crippen LogP contribution in [0.3, 0.4) is 0 Å². The molecule has 0 aliphatic carbocycles. The molecule has 2 aromatic rings. The fraction of sp³-hybridized carbons (Fsp3) is 0.111. The Morgan fingerprint density at radius 1 is 1.19 bits per heavy atom. The average molecular weight is 274 g/mol. The van der Waals surface area contributed by atoms with Crippen LogP contribution in [0, 0.1) is 18.3 Å². The van der Waals surface area contributed by atoms with E-state index in [0.717, 1.165) is 16.8 Å². The number of rotatable bonds is 1. The minimum absolute atomic E-state index is 0.156. The summed E-state index contributed by atoms with van der Waals surface area (Å²) in [4.78, 5) is 14.3. The third-order valence-electron chi connectivity index (χ3n) is 3.55. The first kappa shape index (κ1) is 13.1. The van der Waals surface area contributed by atoms with Gasteiger partial charge in [-0.05, 0) is 42.8 Å². The maximum atomic E-state index is 12.8. The molecule has 0 bridgehead atoms. The minimum Gasteiger partial charge on any atom is -0.288 e. The van der Waals surface area contributed by atoms with Crippen molar-refractivity contribution in [1.29, 1.82) is 5.26 Å². The summed E-state index contributed by atoms with van der Waals surface area (Å²) in [6.45, 7) is 2.01. The van der Waals surface area contributed by atoms with Crippen LogP contribution in [0.2, 0.25) is 0 Å². The van der Waals surface area contributed by atoms with E-state index in [2.05, 4.69) is 6.07 Å². The smallest absolute Gasteiger partial charge is 0.259 e. The van der Waals surface area contributed by atoms with Crippen LogP contribution in [0.1, 0.15) is 21.5 Å². The van der Waals surface area contributed by atoms with Crippen molar-refractivity contribution in [2.24, 2.45) is 0 Å². The van der Waals surface area contributed by atoms with Crippen molar-refractivity contribution in [1.82, 2.24) is 0 Å². The lowest BCUT2D eigenvalue weighted by Crippen LogP contribution is -2.40. The van der Waals surface area contributed by atoms with Crippen LogP contribution in [0.4, 0.5) is 5.69 Å². The van der Waals surface area contributed by atoms with Crippen LogP contribution in [-0.4, -0.2) is 11.9 Å². The second-order valence-corrected chi connectivity index (χ2v) is 5.04. The predicted octanol–water partition coefficient (Wildman–Crippen LogP) is 3.56. The fourth-order valence-electron chi connectivity index (χ4n) is 2.51. The largest absolute Gasteiger partial charge is 0.288 e. The number of carbonyl (C=O) groups excluding carboxylic acids is 1. The van der Waals surface area contributed by atoms with Crippen molar-refractivity contribution in [2.75, 3.05) is 4.90 Å². The number of hydrogen-bond donors (Lipinski definition) is 0. The Balaban J connectivity index is 2.10. The van der Waals surface area contributed by atoms with Gasteiger partial charge in [0.25, 0.3) is 5.91 Å². The standard InChI is InChI=1S/C18H14N2O/c1-13-7-10-17-15(11-13)8-9-16(12-19)20(17)18(21)14-5-3-2-4-6-14/h2-11,16H,1H3/t16-/m0/s1. The normalized spacial score (nSPS) is 16.2. The minimum atomic E-state index is -0.576. The van der Waals surface area contributed by atoms with Crippen LogP contribution in [0.25, 0.3) is 6.08 Å². The van der Waals surface area contributed by atoms with Crippen LogP contribution < -0.4 is 4.90 Å². The molecular weight excluding hydrogens is 260 g/mol. The Hall–Kier alpha value is -2.86. The highest BCUT2D eigenvalue weighted by Gasteiger charge is 2.28. The number of amides is 1. The Bertz CT molecular complexity index is 757. The van der Waals surface area contributed by atoms with Crippen molar-refractivity contribution >= 4 is 17.7 Å². The molecule has 0 aromatic heterocycles. The molecular formula is C18H14N2O. The molecule has 0 N–H and O–H groups in total. The number of aryl methyl sites for hydroxylation is 1. The van der Waals surface area contributed by atoms with Crippen LogP contribution in [0.15, 0.2) is 54.6 Å². The monoisotopic (exact) mass is 274 g/mol. The van der Waals surface area contributed by atoms with E-state index in [-0.39, 0.29) is 5.91 Å². The zero-order chi connectivity index (χ0) is 14.8. The molecule has 21 heavy (non-hydrogen) atoms. The van der Waals surface area contributed by atoms with Crippen molar-refractivity contribution in [2.45, 2.75) is 13.0 Å². The summed E-state index contributed by atoms with van der Waals surface area (Å²) in [6, 6.07) is 16.5. The zero-order valence-electron chi connectivity index (χ0n) is 11.7. The van der Waals surface area contributed by atoms with Gasteiger partial charge in [-0.1, -0.05) is 35.9 Å². The highest BCUT2D eigenvalue weighted by atomic mass is 16.2. The maximum Gasteiger partial charge on any atom is 0.259 e. The quantitative estimate of drug-likeness (QED) is 0.798. The second-order valence-electron chi connectivity index (χ2n) is 5.04. The zero-order valence-corrected chi connectivity index (χ0v) is 11.7. The maximum absolute atomic E-state index is 12.8. The van der Waals surface area contributed by atoms with Gasteiger partial charge in [0, 0.05) is 5.56 Å². The molecule has 1 atom stereocenters. The van der Waals surface area contributed by atoms with Gasteiger partial charge in [0.15, 0.2) is 0 Å². The van der Waals surface area contributed by atoms with Gasteiger partial charge in [-0.2, -0.15) is 5.26 Å². The molecule has 0 unspecified atom stereocenters. The molecule has 102 valence electrons. The molecule has 0 saturated carbocycles. The lowest BCUT2D eigenvalue weighted by Gasteiger charge is -2.30. The average Bonchev–Trinajstić information content (AvgIpc) is 2.53. The molecule has 0 spiro atoms. The first-order chi connectivity index (χ1) is 10.2. The molecule has 0 radical (unpaired) electrons. The first-order valence-electron chi connectivity index (χ1n) is 6.78. The summed E-state index contributed by atoms with van der Waals surface area (Å²) in [6.07, 6.45) is 3.67. The van der Waals surface area contributed by atoms with E-state index < -0.39 is 6.04 Å². The van der Waals surface area contributed by atoms with E-state index in [4.69, 9.17) is 0 Å². The molecule has 3 rings (SSSR count).